The fraction of sp³-hybridized carbons (Fsp3) is 0.667. The van der Waals surface area contributed by atoms with Gasteiger partial charge < -0.3 is 10.0 Å². The van der Waals surface area contributed by atoms with Gasteiger partial charge in [0.15, 0.2) is 0 Å². The number of nitrogens with zero attached hydrogens (tertiary/aromatic N) is 3. The molecule has 0 radical (unpaired) electrons. The van der Waals surface area contributed by atoms with E-state index < -0.39 is 11.9 Å². The zero-order valence-corrected chi connectivity index (χ0v) is 11.7. The molecule has 1 heterocycles. The first kappa shape index (κ1) is 15.1. The number of amides is 1. The number of carbonyl (C=O) groups is 2. The number of nitrogens with one attached hydrogen (secondary N) is 1. The first-order valence-corrected chi connectivity index (χ1v) is 6.31. The third-order valence-corrected chi connectivity index (χ3v) is 2.83. The van der Waals surface area contributed by atoms with E-state index in [9.17, 15) is 9.59 Å². The van der Waals surface area contributed by atoms with Crippen molar-refractivity contribution < 1.29 is 14.7 Å². The van der Waals surface area contributed by atoms with Gasteiger partial charge >= 0.3 is 5.97 Å². The van der Waals surface area contributed by atoms with Crippen molar-refractivity contribution in [3.63, 3.8) is 0 Å². The Morgan fingerprint density at radius 3 is 2.42 bits per heavy atom. The Balaban J connectivity index is 2.80. The molecule has 7 nitrogen and oxygen atoms in total. The van der Waals surface area contributed by atoms with E-state index in [1.165, 1.54) is 4.90 Å². The lowest BCUT2D eigenvalue weighted by molar-refractivity contribution is -0.141. The monoisotopic (exact) mass is 268 g/mol. The third-order valence-electron chi connectivity index (χ3n) is 2.83. The van der Waals surface area contributed by atoms with E-state index >= 15 is 0 Å². The maximum Gasteiger partial charge on any atom is 0.308 e. The topological polar surface area (TPSA) is 99.2 Å². The van der Waals surface area contributed by atoms with Crippen LogP contribution in [0.2, 0.25) is 0 Å². The highest BCUT2D eigenvalue weighted by Crippen LogP contribution is 2.10. The Morgan fingerprint density at radius 1 is 1.37 bits per heavy atom. The van der Waals surface area contributed by atoms with Crippen molar-refractivity contribution in [1.82, 2.24) is 20.1 Å². The first-order valence-electron chi connectivity index (χ1n) is 6.31. The standard InChI is InChI=1S/C12H20N4O3/c1-5-16(6-8(4)12(18)19)11(17)10-13-9(7(2)3)14-15-10/h7-8H,5-6H2,1-4H3,(H,18,19)(H,13,14,15). The van der Waals surface area contributed by atoms with Gasteiger partial charge in [-0.1, -0.05) is 20.8 Å². The Labute approximate surface area is 112 Å². The molecule has 0 bridgehead atoms. The number of hydrogen-bond acceptors (Lipinski definition) is 4. The molecule has 1 atom stereocenters. The Hall–Kier alpha value is -1.92. The average Bonchev–Trinajstić information content (AvgIpc) is 2.84. The summed E-state index contributed by atoms with van der Waals surface area (Å²) < 4.78 is 0. The van der Waals surface area contributed by atoms with E-state index in [1.807, 2.05) is 13.8 Å². The van der Waals surface area contributed by atoms with Crippen LogP contribution in [-0.2, 0) is 4.79 Å². The summed E-state index contributed by atoms with van der Waals surface area (Å²) in [5.41, 5.74) is 0. The van der Waals surface area contributed by atoms with Crippen molar-refractivity contribution in [3.8, 4) is 0 Å². The van der Waals surface area contributed by atoms with Crippen molar-refractivity contribution >= 4 is 11.9 Å². The second-order valence-electron chi connectivity index (χ2n) is 4.78. The Morgan fingerprint density at radius 2 is 2.00 bits per heavy atom. The molecule has 0 aliphatic carbocycles. The number of carbonyl (C=O) groups excluding carboxylic acids is 1. The molecule has 106 valence electrons. The fourth-order valence-corrected chi connectivity index (χ4v) is 1.53. The van der Waals surface area contributed by atoms with E-state index in [4.69, 9.17) is 5.11 Å². The van der Waals surface area contributed by atoms with Crippen LogP contribution in [0.25, 0.3) is 0 Å². The van der Waals surface area contributed by atoms with Crippen LogP contribution >= 0.6 is 0 Å². The largest absolute Gasteiger partial charge is 0.481 e. The molecule has 0 fully saturated rings. The zero-order valence-electron chi connectivity index (χ0n) is 11.7. The molecular weight excluding hydrogens is 248 g/mol. The smallest absolute Gasteiger partial charge is 0.308 e. The zero-order chi connectivity index (χ0) is 14.6. The number of carboxylic acids is 1. The highest BCUT2D eigenvalue weighted by Gasteiger charge is 2.23. The fourth-order valence-electron chi connectivity index (χ4n) is 1.53. The lowest BCUT2D eigenvalue weighted by Crippen LogP contribution is -2.37. The predicted octanol–water partition coefficient (Wildman–Crippen LogP) is 1.11. The molecule has 0 saturated heterocycles. The minimum absolute atomic E-state index is 0.0862. The molecule has 1 aromatic rings. The van der Waals surface area contributed by atoms with Gasteiger partial charge in [0.1, 0.15) is 5.82 Å². The van der Waals surface area contributed by atoms with Gasteiger partial charge in [0.25, 0.3) is 5.91 Å². The summed E-state index contributed by atoms with van der Waals surface area (Å²) in [7, 11) is 0. The second kappa shape index (κ2) is 6.31. The van der Waals surface area contributed by atoms with Gasteiger partial charge in [0.05, 0.1) is 5.92 Å². The molecule has 1 unspecified atom stereocenters. The summed E-state index contributed by atoms with van der Waals surface area (Å²) in [5, 5.41) is 15.5. The molecule has 0 saturated carbocycles. The summed E-state index contributed by atoms with van der Waals surface area (Å²) >= 11 is 0. The Kier molecular flexibility index (Phi) is 5.02. The van der Waals surface area contributed by atoms with Crippen LogP contribution in [0.3, 0.4) is 0 Å². The maximum absolute atomic E-state index is 12.2. The molecule has 2 N–H and O–H groups in total. The van der Waals surface area contributed by atoms with Crippen LogP contribution in [0.1, 0.15) is 50.1 Å². The number of carboxylic acid groups (broad SMARTS) is 1. The molecule has 1 aromatic heterocycles. The predicted molar refractivity (Wildman–Crippen MR) is 68.8 cm³/mol. The molecule has 0 aliphatic heterocycles. The van der Waals surface area contributed by atoms with E-state index in [1.54, 1.807) is 13.8 Å². The minimum Gasteiger partial charge on any atom is -0.481 e. The van der Waals surface area contributed by atoms with Crippen molar-refractivity contribution in [2.45, 2.75) is 33.6 Å². The molecule has 0 aromatic carbocycles. The number of rotatable bonds is 6. The molecule has 1 rings (SSSR count). The highest BCUT2D eigenvalue weighted by atomic mass is 16.4. The van der Waals surface area contributed by atoms with Gasteiger partial charge in [-0.25, -0.2) is 4.98 Å². The van der Waals surface area contributed by atoms with Gasteiger partial charge in [0.2, 0.25) is 5.82 Å². The number of aromatic amines is 1. The number of aromatic nitrogens is 3. The normalized spacial score (nSPS) is 12.5. The molecule has 0 spiro atoms. The van der Waals surface area contributed by atoms with E-state index in [0.717, 1.165) is 0 Å². The molecule has 0 aliphatic rings. The van der Waals surface area contributed by atoms with Crippen molar-refractivity contribution in [3.05, 3.63) is 11.6 Å². The lowest BCUT2D eigenvalue weighted by atomic mass is 10.1. The van der Waals surface area contributed by atoms with Gasteiger partial charge in [0, 0.05) is 19.0 Å². The van der Waals surface area contributed by atoms with Gasteiger partial charge in [-0.05, 0) is 6.92 Å². The lowest BCUT2D eigenvalue weighted by Gasteiger charge is -2.21. The Bertz CT molecular complexity index is 456. The summed E-state index contributed by atoms with van der Waals surface area (Å²) in [6.07, 6.45) is 0. The summed E-state index contributed by atoms with van der Waals surface area (Å²) in [4.78, 5) is 28.5. The summed E-state index contributed by atoms with van der Waals surface area (Å²) in [6.45, 7) is 7.81. The van der Waals surface area contributed by atoms with Crippen LogP contribution in [0.5, 0.6) is 0 Å². The SMILES string of the molecule is CCN(CC(C)C(=O)O)C(=O)c1n[nH]c(C(C)C)n1. The van der Waals surface area contributed by atoms with Crippen LogP contribution in [0, 0.1) is 5.92 Å². The van der Waals surface area contributed by atoms with Crippen molar-refractivity contribution in [1.29, 1.82) is 0 Å². The quantitative estimate of drug-likeness (QED) is 0.805. The van der Waals surface area contributed by atoms with Crippen molar-refractivity contribution in [2.24, 2.45) is 5.92 Å². The van der Waals surface area contributed by atoms with E-state index in [-0.39, 0.29) is 24.2 Å². The van der Waals surface area contributed by atoms with Crippen LogP contribution in [-0.4, -0.2) is 50.2 Å². The molecule has 19 heavy (non-hydrogen) atoms. The van der Waals surface area contributed by atoms with Crippen LogP contribution in [0.15, 0.2) is 0 Å². The first-order chi connectivity index (χ1) is 8.86. The van der Waals surface area contributed by atoms with E-state index in [0.29, 0.717) is 12.4 Å². The molecular formula is C12H20N4O3. The molecule has 7 heteroatoms. The maximum atomic E-state index is 12.2. The van der Waals surface area contributed by atoms with Gasteiger partial charge in [-0.15, -0.1) is 5.10 Å². The van der Waals surface area contributed by atoms with Crippen LogP contribution in [0.4, 0.5) is 0 Å². The second-order valence-corrected chi connectivity index (χ2v) is 4.78. The summed E-state index contributed by atoms with van der Waals surface area (Å²) in [5.74, 6) is -1.01. The number of H-pyrrole nitrogens is 1. The number of hydrogen-bond donors (Lipinski definition) is 2. The van der Waals surface area contributed by atoms with Crippen molar-refractivity contribution in [2.75, 3.05) is 13.1 Å². The molecule has 1 amide bonds. The third kappa shape index (κ3) is 3.77. The van der Waals surface area contributed by atoms with Crippen LogP contribution < -0.4 is 0 Å². The highest BCUT2D eigenvalue weighted by molar-refractivity contribution is 5.90. The average molecular weight is 268 g/mol. The van der Waals surface area contributed by atoms with Gasteiger partial charge in [-0.3, -0.25) is 14.7 Å². The van der Waals surface area contributed by atoms with E-state index in [2.05, 4.69) is 15.2 Å². The summed E-state index contributed by atoms with van der Waals surface area (Å²) in [6, 6.07) is 0. The van der Waals surface area contributed by atoms with Gasteiger partial charge in [-0.2, -0.15) is 0 Å². The number of aliphatic carboxylic acids is 1. The minimum atomic E-state index is -0.927.